The van der Waals surface area contributed by atoms with Gasteiger partial charge in [0.15, 0.2) is 0 Å². The third-order valence-corrected chi connectivity index (χ3v) is 5.34. The Hall–Kier alpha value is -0.100. The summed E-state index contributed by atoms with van der Waals surface area (Å²) in [6, 6.07) is 2.12. The largest absolute Gasteiger partial charge is 0.228 e. The highest BCUT2D eigenvalue weighted by Gasteiger charge is 2.36. The van der Waals surface area contributed by atoms with Crippen LogP contribution in [0.15, 0.2) is 16.8 Å². The van der Waals surface area contributed by atoms with Crippen LogP contribution in [0.5, 0.6) is 0 Å². The van der Waals surface area contributed by atoms with Crippen LogP contribution in [0.1, 0.15) is 18.4 Å². The summed E-state index contributed by atoms with van der Waals surface area (Å²) in [5.74, 6) is 0. The van der Waals surface area contributed by atoms with E-state index in [0.717, 1.165) is 18.4 Å². The van der Waals surface area contributed by atoms with Crippen LogP contribution in [0, 0.1) is 0 Å². The molecule has 0 bridgehead atoms. The van der Waals surface area contributed by atoms with E-state index in [1.807, 2.05) is 16.8 Å². The van der Waals surface area contributed by atoms with E-state index in [-0.39, 0.29) is 11.3 Å². The molecule has 2 rings (SSSR count). The lowest BCUT2D eigenvalue weighted by Crippen LogP contribution is -2.33. The number of nitrogens with zero attached hydrogens (tertiary/aromatic N) is 1. The van der Waals surface area contributed by atoms with Crippen molar-refractivity contribution in [1.29, 1.82) is 0 Å². The Kier molecular flexibility index (Phi) is 3.35. The predicted molar refractivity (Wildman–Crippen MR) is 62.5 cm³/mol. The number of alkyl halides is 1. The minimum Gasteiger partial charge on any atom is -0.211 e. The highest BCUT2D eigenvalue weighted by molar-refractivity contribution is 7.90. The van der Waals surface area contributed by atoms with Crippen LogP contribution >= 0.6 is 22.9 Å². The maximum Gasteiger partial charge on any atom is 0.228 e. The number of thiophene rings is 1. The maximum atomic E-state index is 11.7. The van der Waals surface area contributed by atoms with Gasteiger partial charge >= 0.3 is 0 Å². The van der Waals surface area contributed by atoms with E-state index >= 15 is 0 Å². The molecule has 0 radical (unpaired) electrons. The van der Waals surface area contributed by atoms with Gasteiger partial charge in [0.25, 0.3) is 0 Å². The smallest absolute Gasteiger partial charge is 0.211 e. The summed E-state index contributed by atoms with van der Waals surface area (Å²) in [7, 11) is -3.27. The Morgan fingerprint density at radius 1 is 1.53 bits per heavy atom. The van der Waals surface area contributed by atoms with Gasteiger partial charge in [-0.15, -0.1) is 11.6 Å². The average Bonchev–Trinajstić information content (AvgIpc) is 2.92. The molecule has 1 fully saturated rings. The maximum absolute atomic E-state index is 11.7. The van der Waals surface area contributed by atoms with E-state index in [1.54, 1.807) is 11.3 Å². The fourth-order valence-electron chi connectivity index (χ4n) is 1.44. The van der Waals surface area contributed by atoms with E-state index in [2.05, 4.69) is 0 Å². The van der Waals surface area contributed by atoms with Crippen LogP contribution < -0.4 is 0 Å². The van der Waals surface area contributed by atoms with Gasteiger partial charge in [-0.1, -0.05) is 0 Å². The van der Waals surface area contributed by atoms with Gasteiger partial charge in [-0.05, 0) is 35.2 Å². The fraction of sp³-hybridized carbons (Fsp3) is 0.556. The molecular weight excluding hydrogens is 254 g/mol. The molecule has 1 saturated carbocycles. The molecule has 84 valence electrons. The number of halogens is 1. The molecule has 1 aliphatic rings. The predicted octanol–water partition coefficient (Wildman–Crippen LogP) is 2.24. The first-order valence-electron chi connectivity index (χ1n) is 4.70. The Bertz CT molecular complexity index is 411. The van der Waals surface area contributed by atoms with Crippen LogP contribution in [0.25, 0.3) is 0 Å². The summed E-state index contributed by atoms with van der Waals surface area (Å²) in [4.78, 5) is 0. The fourth-order valence-corrected chi connectivity index (χ4v) is 3.61. The van der Waals surface area contributed by atoms with E-state index < -0.39 is 10.0 Å². The van der Waals surface area contributed by atoms with Crippen LogP contribution in [0.4, 0.5) is 0 Å². The Labute approximate surface area is 98.7 Å². The second-order valence-corrected chi connectivity index (χ2v) is 6.91. The molecule has 0 aromatic carbocycles. The molecule has 1 aromatic rings. The molecule has 0 amide bonds. The number of hydrogen-bond acceptors (Lipinski definition) is 3. The number of rotatable bonds is 5. The normalized spacial score (nSPS) is 17.2. The van der Waals surface area contributed by atoms with E-state index in [4.69, 9.17) is 11.6 Å². The highest BCUT2D eigenvalue weighted by Crippen LogP contribution is 2.31. The van der Waals surface area contributed by atoms with Crippen molar-refractivity contribution in [3.05, 3.63) is 22.4 Å². The van der Waals surface area contributed by atoms with Crippen molar-refractivity contribution in [2.24, 2.45) is 0 Å². The Morgan fingerprint density at radius 2 is 2.27 bits per heavy atom. The molecule has 0 aliphatic heterocycles. The minimum absolute atomic E-state index is 0.175. The summed E-state index contributed by atoms with van der Waals surface area (Å²) < 4.78 is 24.9. The topological polar surface area (TPSA) is 37.4 Å². The zero-order valence-corrected chi connectivity index (χ0v) is 10.5. The molecule has 0 spiro atoms. The average molecular weight is 266 g/mol. The number of sulfonamides is 1. The lowest BCUT2D eigenvalue weighted by molar-refractivity contribution is 0.402. The monoisotopic (exact) mass is 265 g/mol. The summed E-state index contributed by atoms with van der Waals surface area (Å²) in [5, 5.41) is 3.60. The minimum atomic E-state index is -3.27. The Balaban J connectivity index is 2.14. The second kappa shape index (κ2) is 4.41. The summed E-state index contributed by atoms with van der Waals surface area (Å²) >= 11 is 7.05. The van der Waals surface area contributed by atoms with Gasteiger partial charge in [-0.3, -0.25) is 0 Å². The molecule has 1 heterocycles. The molecule has 15 heavy (non-hydrogen) atoms. The van der Waals surface area contributed by atoms with Crippen molar-refractivity contribution in [2.45, 2.75) is 25.4 Å². The second-order valence-electron chi connectivity index (χ2n) is 3.63. The molecule has 1 aromatic heterocycles. The quantitative estimate of drug-likeness (QED) is 0.766. The molecule has 0 atom stereocenters. The first kappa shape index (κ1) is 11.4. The van der Waals surface area contributed by atoms with Gasteiger partial charge < -0.3 is 0 Å². The van der Waals surface area contributed by atoms with Crippen molar-refractivity contribution in [2.75, 3.05) is 5.21 Å². The summed E-state index contributed by atoms with van der Waals surface area (Å²) in [5.41, 5.74) is 1.04. The van der Waals surface area contributed by atoms with E-state index in [1.165, 1.54) is 4.31 Å². The third kappa shape index (κ3) is 2.72. The first-order chi connectivity index (χ1) is 7.13. The van der Waals surface area contributed by atoms with Gasteiger partial charge in [0, 0.05) is 12.6 Å². The molecular formula is C9H12ClNO2S2. The van der Waals surface area contributed by atoms with Crippen LogP contribution in [-0.4, -0.2) is 24.0 Å². The van der Waals surface area contributed by atoms with Crippen LogP contribution in [-0.2, 0) is 16.6 Å². The molecule has 0 N–H and O–H groups in total. The van der Waals surface area contributed by atoms with E-state index in [9.17, 15) is 8.42 Å². The van der Waals surface area contributed by atoms with E-state index in [0.29, 0.717) is 6.54 Å². The molecule has 6 heteroatoms. The zero-order chi connectivity index (χ0) is 10.9. The zero-order valence-electron chi connectivity index (χ0n) is 8.10. The van der Waals surface area contributed by atoms with Gasteiger partial charge in [0.1, 0.15) is 5.21 Å². The SMILES string of the molecule is O=S(=O)(CCl)N(Cc1ccsc1)C1CC1. The lowest BCUT2D eigenvalue weighted by atomic mass is 10.3. The van der Waals surface area contributed by atoms with Gasteiger partial charge in [-0.2, -0.15) is 15.6 Å². The van der Waals surface area contributed by atoms with Crippen molar-refractivity contribution in [3.8, 4) is 0 Å². The first-order valence-corrected chi connectivity index (χ1v) is 7.78. The lowest BCUT2D eigenvalue weighted by Gasteiger charge is -2.19. The van der Waals surface area contributed by atoms with Crippen LogP contribution in [0.3, 0.4) is 0 Å². The highest BCUT2D eigenvalue weighted by atomic mass is 35.5. The van der Waals surface area contributed by atoms with Crippen LogP contribution in [0.2, 0.25) is 0 Å². The van der Waals surface area contributed by atoms with Crippen molar-refractivity contribution < 1.29 is 8.42 Å². The van der Waals surface area contributed by atoms with Crippen molar-refractivity contribution in [1.82, 2.24) is 4.31 Å². The molecule has 0 saturated heterocycles. The van der Waals surface area contributed by atoms with Crippen molar-refractivity contribution >= 4 is 33.0 Å². The molecule has 1 aliphatic carbocycles. The van der Waals surface area contributed by atoms with Gasteiger partial charge in [0.05, 0.1) is 0 Å². The standard InChI is InChI=1S/C9H12ClNO2S2/c10-7-15(12,13)11(9-1-2-9)5-8-3-4-14-6-8/h3-4,6,9H,1-2,5,7H2. The van der Waals surface area contributed by atoms with Crippen molar-refractivity contribution in [3.63, 3.8) is 0 Å². The molecule has 3 nitrogen and oxygen atoms in total. The Morgan fingerprint density at radius 3 is 2.73 bits per heavy atom. The van der Waals surface area contributed by atoms with Gasteiger partial charge in [-0.25, -0.2) is 8.42 Å². The molecule has 0 unspecified atom stereocenters. The number of hydrogen-bond donors (Lipinski definition) is 0. The third-order valence-electron chi connectivity index (χ3n) is 2.37. The van der Waals surface area contributed by atoms with Gasteiger partial charge in [0.2, 0.25) is 10.0 Å². The summed E-state index contributed by atoms with van der Waals surface area (Å²) in [6.07, 6.45) is 1.92. The summed E-state index contributed by atoms with van der Waals surface area (Å²) in [6.45, 7) is 0.462.